The zero-order chi connectivity index (χ0) is 4.50. The molecule has 4 nitrogen and oxygen atoms in total. The van der Waals surface area contributed by atoms with Gasteiger partial charge < -0.3 is 0 Å². The molecule has 0 radical (unpaired) electrons. The van der Waals surface area contributed by atoms with E-state index in [1.165, 1.54) is 0 Å². The molecular weight excluding hydrogens is 319 g/mol. The fraction of sp³-hybridized carbons (Fsp3) is 0. The third-order valence-corrected chi connectivity index (χ3v) is 0. The van der Waals surface area contributed by atoms with Crippen LogP contribution in [0.1, 0.15) is 0 Å². The number of hydrogen-bond acceptors (Lipinski definition) is 4. The Hall–Kier alpha value is 1.35. The van der Waals surface area contributed by atoms with Crippen LogP contribution in [0, 0.1) is 0 Å². The monoisotopic (exact) mass is 320 g/mol. The van der Waals surface area contributed by atoms with E-state index < -0.39 is 19.0 Å². The van der Waals surface area contributed by atoms with Crippen LogP contribution < -0.4 is 6.94 Å². The molecule has 0 unspecified atom stereocenters. The van der Waals surface area contributed by atoms with Gasteiger partial charge in [0.2, 0.25) is 0 Å². The number of hydrogen-bond donors (Lipinski definition) is 0. The third kappa shape index (κ3) is 116. The van der Waals surface area contributed by atoms with Crippen LogP contribution in [0.15, 0.2) is 0 Å². The fourth-order valence-corrected chi connectivity index (χ4v) is 0. The van der Waals surface area contributed by atoms with E-state index in [1.807, 2.05) is 0 Å². The third-order valence-electron chi connectivity index (χ3n) is 0. The SMILES string of the molecule is O=[Te](=O)([O-])[O-].[Cu+].[Cu+]. The normalized spacial score (nSPS) is 8.29. The van der Waals surface area contributed by atoms with E-state index in [2.05, 4.69) is 0 Å². The zero-order valence-electron chi connectivity index (χ0n) is 2.64. The Labute approximate surface area is 65.9 Å². The predicted octanol–water partition coefficient (Wildman–Crippen LogP) is -3.00. The van der Waals surface area contributed by atoms with Crippen molar-refractivity contribution in [3.63, 3.8) is 0 Å². The van der Waals surface area contributed by atoms with Gasteiger partial charge in [-0.15, -0.1) is 0 Å². The summed E-state index contributed by atoms with van der Waals surface area (Å²) in [5, 5.41) is 0. The molecule has 0 heterocycles. The maximum Gasteiger partial charge on any atom is 1.00 e. The maximum atomic E-state index is 8.63. The molecule has 0 rings (SSSR count). The van der Waals surface area contributed by atoms with Crippen LogP contribution in [-0.2, 0) is 40.3 Å². The van der Waals surface area contributed by atoms with Crippen molar-refractivity contribution in [1.82, 2.24) is 0 Å². The molecule has 0 atom stereocenters. The molecule has 7 heteroatoms. The molecule has 0 aliphatic carbocycles. The van der Waals surface area contributed by atoms with Crippen molar-refractivity contribution >= 4 is 19.0 Å². The van der Waals surface area contributed by atoms with E-state index >= 15 is 0 Å². The van der Waals surface area contributed by atoms with Crippen molar-refractivity contribution in [3.05, 3.63) is 0 Å². The van der Waals surface area contributed by atoms with Crippen LogP contribution in [0.4, 0.5) is 0 Å². The predicted molar refractivity (Wildman–Crippen MR) is 7.13 cm³/mol. The van der Waals surface area contributed by atoms with Crippen molar-refractivity contribution < 1.29 is 47.3 Å². The smallest absolute Gasteiger partial charge is 1.00 e. The Kier molecular flexibility index (Phi) is 12.3. The molecule has 0 saturated heterocycles. The molecule has 0 aliphatic heterocycles. The quantitative estimate of drug-likeness (QED) is 0.446. The van der Waals surface area contributed by atoms with Crippen molar-refractivity contribution in [2.75, 3.05) is 0 Å². The van der Waals surface area contributed by atoms with Gasteiger partial charge in [-0.25, -0.2) is 0 Å². The minimum Gasteiger partial charge on any atom is 1.00 e. The minimum atomic E-state index is -6.02. The van der Waals surface area contributed by atoms with Gasteiger partial charge in [-0.3, -0.25) is 0 Å². The summed E-state index contributed by atoms with van der Waals surface area (Å²) in [5.74, 6) is 0. The molecule has 0 spiro atoms. The van der Waals surface area contributed by atoms with Crippen molar-refractivity contribution in [2.24, 2.45) is 0 Å². The van der Waals surface area contributed by atoms with Crippen molar-refractivity contribution in [2.45, 2.75) is 0 Å². The van der Waals surface area contributed by atoms with Crippen molar-refractivity contribution in [3.8, 4) is 0 Å². The Balaban J connectivity index is -0.0000000800. The standard InChI is InChI=1S/2Cu.H2O4Te/c;;1-5(2,3)4/h;;(H2,1,2,3,4)/q2*+1;/p-2. The van der Waals surface area contributed by atoms with Gasteiger partial charge in [-0.1, -0.05) is 0 Å². The molecule has 52 valence electrons. The summed E-state index contributed by atoms with van der Waals surface area (Å²) in [6, 6.07) is 0. The first-order valence-electron chi connectivity index (χ1n) is 0.667. The summed E-state index contributed by atoms with van der Waals surface area (Å²) in [5.41, 5.74) is 0. The van der Waals surface area contributed by atoms with Gasteiger partial charge in [0.15, 0.2) is 0 Å². The van der Waals surface area contributed by atoms with Crippen molar-refractivity contribution in [1.29, 1.82) is 0 Å². The summed E-state index contributed by atoms with van der Waals surface area (Å²) >= 11 is -6.02. The second-order valence-corrected chi connectivity index (χ2v) is 2.74. The summed E-state index contributed by atoms with van der Waals surface area (Å²) in [6.45, 7) is 0. The molecule has 7 heavy (non-hydrogen) atoms. The van der Waals surface area contributed by atoms with Gasteiger partial charge in [0.05, 0.1) is 0 Å². The Morgan fingerprint density at radius 3 is 1.00 bits per heavy atom. The Morgan fingerprint density at radius 1 is 1.00 bits per heavy atom. The molecule has 0 fully saturated rings. The average molecular weight is 319 g/mol. The summed E-state index contributed by atoms with van der Waals surface area (Å²) in [7, 11) is 0. The van der Waals surface area contributed by atoms with E-state index in [0.29, 0.717) is 0 Å². The number of rotatable bonds is 0. The first kappa shape index (κ1) is 15.8. The zero-order valence-corrected chi connectivity index (χ0v) is 6.86. The first-order valence-corrected chi connectivity index (χ1v) is 4.47. The maximum absolute atomic E-state index is 8.63. The second-order valence-electron chi connectivity index (χ2n) is 0.408. The topological polar surface area (TPSA) is 80.3 Å². The first-order chi connectivity index (χ1) is 2.00. The molecule has 0 aromatic heterocycles. The molecule has 0 aliphatic rings. The Bertz CT molecular complexity index is 92.9. The van der Waals surface area contributed by atoms with Crippen LogP contribution in [0.3, 0.4) is 0 Å². The van der Waals surface area contributed by atoms with E-state index in [9.17, 15) is 0 Å². The molecule has 0 aromatic carbocycles. The summed E-state index contributed by atoms with van der Waals surface area (Å²) in [6.07, 6.45) is 0. The van der Waals surface area contributed by atoms with Crippen LogP contribution in [0.5, 0.6) is 0 Å². The van der Waals surface area contributed by atoms with Crippen LogP contribution in [0.2, 0.25) is 0 Å². The minimum absolute atomic E-state index is 0. The van der Waals surface area contributed by atoms with Gasteiger partial charge in [-0.05, 0) is 0 Å². The largest absolute Gasteiger partial charge is 1.00 e. The van der Waals surface area contributed by atoms with E-state index in [4.69, 9.17) is 13.2 Å². The summed E-state index contributed by atoms with van der Waals surface area (Å²) < 4.78 is 34.5. The molecule has 0 bridgehead atoms. The molecule has 0 aromatic rings. The summed E-state index contributed by atoms with van der Waals surface area (Å²) in [4.78, 5) is 0. The van der Waals surface area contributed by atoms with Gasteiger partial charge in [0.25, 0.3) is 0 Å². The molecule has 0 amide bonds. The van der Waals surface area contributed by atoms with Gasteiger partial charge in [0.1, 0.15) is 0 Å². The van der Waals surface area contributed by atoms with Crippen LogP contribution in [-0.4, -0.2) is 19.0 Å². The molecule has 0 N–H and O–H groups in total. The van der Waals surface area contributed by atoms with E-state index in [0.717, 1.165) is 0 Å². The fourth-order valence-electron chi connectivity index (χ4n) is 0. The van der Waals surface area contributed by atoms with Crippen LogP contribution >= 0.6 is 0 Å². The average Bonchev–Trinajstić information content (AvgIpc) is 0.722. The van der Waals surface area contributed by atoms with Gasteiger partial charge in [-0.2, -0.15) is 0 Å². The van der Waals surface area contributed by atoms with Gasteiger partial charge in [0, 0.05) is 0 Å². The van der Waals surface area contributed by atoms with E-state index in [1.54, 1.807) is 0 Å². The Morgan fingerprint density at radius 2 is 1.00 bits per heavy atom. The molecule has 0 saturated carbocycles. The van der Waals surface area contributed by atoms with E-state index in [-0.39, 0.29) is 34.1 Å². The second kappa shape index (κ2) is 5.48. The van der Waals surface area contributed by atoms with Gasteiger partial charge >= 0.3 is 66.3 Å². The molecular formula is Cu2O4Te. The van der Waals surface area contributed by atoms with Crippen LogP contribution in [0.25, 0.3) is 0 Å².